The minimum atomic E-state index is -0.112. The van der Waals surface area contributed by atoms with Crippen LogP contribution in [-0.4, -0.2) is 24.1 Å². The highest BCUT2D eigenvalue weighted by Crippen LogP contribution is 2.32. The molecule has 0 radical (unpaired) electrons. The molecule has 0 spiro atoms. The third-order valence-corrected chi connectivity index (χ3v) is 4.96. The zero-order chi connectivity index (χ0) is 19.4. The number of nitrogens with one attached hydrogen (secondary N) is 2. The van der Waals surface area contributed by atoms with Gasteiger partial charge in [0.1, 0.15) is 11.5 Å². The maximum atomic E-state index is 12.6. The van der Waals surface area contributed by atoms with Crippen LogP contribution < -0.4 is 15.4 Å². The van der Waals surface area contributed by atoms with Crippen LogP contribution in [0, 0.1) is 25.7 Å². The lowest BCUT2D eigenvalue weighted by atomic mass is 9.81. The van der Waals surface area contributed by atoms with Crippen LogP contribution in [-0.2, 0) is 9.59 Å². The van der Waals surface area contributed by atoms with E-state index >= 15 is 0 Å². The minimum Gasteiger partial charge on any atom is -0.495 e. The van der Waals surface area contributed by atoms with Crippen LogP contribution in [0.15, 0.2) is 28.8 Å². The fourth-order valence-corrected chi connectivity index (χ4v) is 3.43. The third kappa shape index (κ3) is 4.67. The van der Waals surface area contributed by atoms with Crippen molar-refractivity contribution in [2.24, 2.45) is 11.8 Å². The Morgan fingerprint density at radius 3 is 2.22 bits per heavy atom. The Morgan fingerprint density at radius 1 is 1.04 bits per heavy atom. The van der Waals surface area contributed by atoms with Crippen molar-refractivity contribution in [3.05, 3.63) is 35.6 Å². The van der Waals surface area contributed by atoms with Crippen LogP contribution in [0.1, 0.15) is 37.0 Å². The van der Waals surface area contributed by atoms with Crippen molar-refractivity contribution >= 4 is 23.3 Å². The number of amides is 2. The first kappa shape index (κ1) is 18.9. The SMILES string of the molecule is COc1ccc(C)cc1NC(=O)C1CCC(C(=O)Nc2cc(C)on2)CC1. The van der Waals surface area contributed by atoms with Crippen molar-refractivity contribution in [2.45, 2.75) is 39.5 Å². The number of methoxy groups -OCH3 is 1. The number of carbonyl (C=O) groups excluding carboxylic acids is 2. The van der Waals surface area contributed by atoms with E-state index in [0.717, 1.165) is 5.56 Å². The van der Waals surface area contributed by atoms with Crippen molar-refractivity contribution in [3.63, 3.8) is 0 Å². The maximum Gasteiger partial charge on any atom is 0.228 e. The summed E-state index contributed by atoms with van der Waals surface area (Å²) in [6.45, 7) is 3.74. The number of aryl methyl sites for hydroxylation is 2. The Bertz CT molecular complexity index is 822. The highest BCUT2D eigenvalue weighted by atomic mass is 16.5. The topological polar surface area (TPSA) is 93.5 Å². The van der Waals surface area contributed by atoms with Crippen molar-refractivity contribution in [1.82, 2.24) is 5.16 Å². The van der Waals surface area contributed by atoms with Gasteiger partial charge in [0.25, 0.3) is 0 Å². The molecule has 0 aliphatic heterocycles. The zero-order valence-corrected chi connectivity index (χ0v) is 15.9. The Morgan fingerprint density at radius 2 is 1.67 bits per heavy atom. The van der Waals surface area contributed by atoms with Crippen LogP contribution in [0.4, 0.5) is 11.5 Å². The monoisotopic (exact) mass is 371 g/mol. The van der Waals surface area contributed by atoms with E-state index in [1.54, 1.807) is 20.1 Å². The molecule has 2 aromatic rings. The number of nitrogens with zero attached hydrogens (tertiary/aromatic N) is 1. The number of carbonyl (C=O) groups is 2. The fourth-order valence-electron chi connectivity index (χ4n) is 3.43. The summed E-state index contributed by atoms with van der Waals surface area (Å²) in [6, 6.07) is 7.37. The first-order chi connectivity index (χ1) is 13.0. The summed E-state index contributed by atoms with van der Waals surface area (Å²) in [6.07, 6.45) is 2.70. The van der Waals surface area contributed by atoms with Gasteiger partial charge in [-0.2, -0.15) is 0 Å². The van der Waals surface area contributed by atoms with Crippen molar-refractivity contribution in [1.29, 1.82) is 0 Å². The molecule has 2 N–H and O–H groups in total. The molecule has 7 nitrogen and oxygen atoms in total. The first-order valence-corrected chi connectivity index (χ1v) is 9.16. The lowest BCUT2D eigenvalue weighted by molar-refractivity contribution is -0.125. The molecule has 1 fully saturated rings. The van der Waals surface area contributed by atoms with Crippen LogP contribution in [0.5, 0.6) is 5.75 Å². The number of ether oxygens (including phenoxy) is 1. The van der Waals surface area contributed by atoms with Gasteiger partial charge in [-0.25, -0.2) is 0 Å². The van der Waals surface area contributed by atoms with Gasteiger partial charge in [0.05, 0.1) is 12.8 Å². The van der Waals surface area contributed by atoms with E-state index < -0.39 is 0 Å². The minimum absolute atomic E-state index is 0.0233. The number of anilines is 2. The predicted octanol–water partition coefficient (Wildman–Crippen LogP) is 3.68. The number of hydrogen-bond donors (Lipinski definition) is 2. The van der Waals surface area contributed by atoms with Crippen LogP contribution in [0.3, 0.4) is 0 Å². The number of hydrogen-bond acceptors (Lipinski definition) is 5. The average Bonchev–Trinajstić information content (AvgIpc) is 3.06. The molecule has 1 aliphatic carbocycles. The van der Waals surface area contributed by atoms with E-state index in [2.05, 4.69) is 15.8 Å². The second-order valence-electron chi connectivity index (χ2n) is 7.05. The summed E-state index contributed by atoms with van der Waals surface area (Å²) >= 11 is 0. The number of rotatable bonds is 5. The summed E-state index contributed by atoms with van der Waals surface area (Å²) in [5.74, 6) is 1.42. The van der Waals surface area contributed by atoms with E-state index in [1.807, 2.05) is 25.1 Å². The van der Waals surface area contributed by atoms with Gasteiger partial charge in [-0.3, -0.25) is 9.59 Å². The second kappa shape index (κ2) is 8.24. The quantitative estimate of drug-likeness (QED) is 0.836. The summed E-state index contributed by atoms with van der Waals surface area (Å²) < 4.78 is 10.3. The Hall–Kier alpha value is -2.83. The molecule has 0 atom stereocenters. The molecule has 1 aliphatic rings. The molecule has 1 heterocycles. The molecular weight excluding hydrogens is 346 g/mol. The van der Waals surface area contributed by atoms with Gasteiger partial charge >= 0.3 is 0 Å². The van der Waals surface area contributed by atoms with Gasteiger partial charge in [-0.1, -0.05) is 11.2 Å². The van der Waals surface area contributed by atoms with Gasteiger partial charge in [0.2, 0.25) is 11.8 Å². The smallest absolute Gasteiger partial charge is 0.228 e. The standard InChI is InChI=1S/C20H25N3O4/c1-12-4-9-17(26-3)16(10-12)21-19(24)14-5-7-15(8-6-14)20(25)22-18-11-13(2)27-23-18/h4,9-11,14-15H,5-8H2,1-3H3,(H,21,24)(H,22,23,25). The average molecular weight is 371 g/mol. The van der Waals surface area contributed by atoms with Crippen LogP contribution in [0.25, 0.3) is 0 Å². The lowest BCUT2D eigenvalue weighted by Gasteiger charge is -2.27. The molecule has 0 bridgehead atoms. The normalized spacial score (nSPS) is 19.4. The number of benzene rings is 1. The molecule has 7 heteroatoms. The van der Waals surface area contributed by atoms with E-state index in [0.29, 0.717) is 48.7 Å². The highest BCUT2D eigenvalue weighted by Gasteiger charge is 2.30. The zero-order valence-electron chi connectivity index (χ0n) is 15.9. The largest absolute Gasteiger partial charge is 0.495 e. The van der Waals surface area contributed by atoms with Gasteiger partial charge in [0.15, 0.2) is 5.82 Å². The molecule has 0 saturated heterocycles. The van der Waals surface area contributed by atoms with Crippen molar-refractivity contribution in [2.75, 3.05) is 17.7 Å². The summed E-state index contributed by atoms with van der Waals surface area (Å²) in [5, 5.41) is 9.53. The highest BCUT2D eigenvalue weighted by molar-refractivity contribution is 5.95. The second-order valence-corrected chi connectivity index (χ2v) is 7.05. The van der Waals surface area contributed by atoms with E-state index in [1.165, 1.54) is 0 Å². The molecule has 3 rings (SSSR count). The molecule has 1 aromatic carbocycles. The molecular formula is C20H25N3O4. The maximum absolute atomic E-state index is 12.6. The number of aromatic nitrogens is 1. The summed E-state index contributed by atoms with van der Waals surface area (Å²) in [4.78, 5) is 25.0. The first-order valence-electron chi connectivity index (χ1n) is 9.16. The Balaban J connectivity index is 1.53. The summed E-state index contributed by atoms with van der Waals surface area (Å²) in [7, 11) is 1.58. The van der Waals surface area contributed by atoms with Gasteiger partial charge < -0.3 is 19.9 Å². The third-order valence-electron chi connectivity index (χ3n) is 4.96. The van der Waals surface area contributed by atoms with Gasteiger partial charge in [0, 0.05) is 17.9 Å². The van der Waals surface area contributed by atoms with E-state index in [4.69, 9.17) is 9.26 Å². The molecule has 0 unspecified atom stereocenters. The molecule has 1 saturated carbocycles. The van der Waals surface area contributed by atoms with E-state index in [-0.39, 0.29) is 23.7 Å². The van der Waals surface area contributed by atoms with Crippen LogP contribution >= 0.6 is 0 Å². The fraction of sp³-hybridized carbons (Fsp3) is 0.450. The molecule has 1 aromatic heterocycles. The molecule has 27 heavy (non-hydrogen) atoms. The molecule has 2 amide bonds. The summed E-state index contributed by atoms with van der Waals surface area (Å²) in [5.41, 5.74) is 1.73. The molecule has 144 valence electrons. The Labute approximate surface area is 158 Å². The van der Waals surface area contributed by atoms with E-state index in [9.17, 15) is 9.59 Å². The Kier molecular flexibility index (Phi) is 5.78. The predicted molar refractivity (Wildman–Crippen MR) is 102 cm³/mol. The van der Waals surface area contributed by atoms with Crippen LogP contribution in [0.2, 0.25) is 0 Å². The van der Waals surface area contributed by atoms with Gasteiger partial charge in [-0.15, -0.1) is 0 Å². The lowest BCUT2D eigenvalue weighted by Crippen LogP contribution is -2.32. The van der Waals surface area contributed by atoms with Gasteiger partial charge in [-0.05, 0) is 57.2 Å². The van der Waals surface area contributed by atoms with Crippen molar-refractivity contribution < 1.29 is 18.8 Å². The van der Waals surface area contributed by atoms with Crippen molar-refractivity contribution in [3.8, 4) is 5.75 Å².